The van der Waals surface area contributed by atoms with Crippen molar-refractivity contribution in [3.05, 3.63) is 46.2 Å². The van der Waals surface area contributed by atoms with E-state index in [0.717, 1.165) is 10.2 Å². The molecule has 0 radical (unpaired) electrons. The predicted molar refractivity (Wildman–Crippen MR) is 84.5 cm³/mol. The Morgan fingerprint density at radius 2 is 1.90 bits per heavy atom. The number of carbonyl (C=O) groups excluding carboxylic acids is 2. The summed E-state index contributed by atoms with van der Waals surface area (Å²) in [6.07, 6.45) is 1.78. The number of hydrogen-bond acceptors (Lipinski definition) is 3. The first-order chi connectivity index (χ1) is 9.88. The van der Waals surface area contributed by atoms with Crippen LogP contribution in [-0.2, 0) is 4.79 Å². The first-order valence-corrected chi connectivity index (χ1v) is 7.31. The molecule has 0 bridgehead atoms. The van der Waals surface area contributed by atoms with Gasteiger partial charge in [0.15, 0.2) is 5.78 Å². The number of benzene rings is 1. The first-order valence-electron chi connectivity index (χ1n) is 6.51. The molecule has 0 spiro atoms. The summed E-state index contributed by atoms with van der Waals surface area (Å²) in [6.45, 7) is 5.15. The Bertz CT molecular complexity index is 657. The van der Waals surface area contributed by atoms with Crippen LogP contribution in [0.2, 0.25) is 0 Å². The van der Waals surface area contributed by atoms with E-state index >= 15 is 0 Å². The summed E-state index contributed by atoms with van der Waals surface area (Å²) in [7, 11) is 0. The van der Waals surface area contributed by atoms with Crippen LogP contribution in [0, 0.1) is 6.92 Å². The number of nitrogens with one attached hydrogen (secondary N) is 1. The zero-order chi connectivity index (χ0) is 15.6. The van der Waals surface area contributed by atoms with Crippen LogP contribution < -0.4 is 5.32 Å². The number of Topliss-reactive ketones (excluding diaryl/α,β-unsaturated/α-hetero) is 1. The summed E-state index contributed by atoms with van der Waals surface area (Å²) in [5.41, 5.74) is 2.10. The zero-order valence-electron chi connectivity index (χ0n) is 12.1. The zero-order valence-corrected chi connectivity index (χ0v) is 13.6. The van der Waals surface area contributed by atoms with Gasteiger partial charge in [0.25, 0.3) is 0 Å². The maximum atomic E-state index is 12.2. The molecule has 5 nitrogen and oxygen atoms in total. The molecule has 1 heterocycles. The number of nitrogens with zero attached hydrogens (tertiary/aromatic N) is 2. The Kier molecular flexibility index (Phi) is 4.57. The SMILES string of the molecule is CC(=O)c1ccc(NC(=O)C(C)n2cc(Br)c(C)n2)cc1. The molecule has 0 saturated heterocycles. The number of aromatic nitrogens is 2. The molecular formula is C15H16BrN3O2. The van der Waals surface area contributed by atoms with Crippen molar-refractivity contribution in [2.24, 2.45) is 0 Å². The minimum atomic E-state index is -0.428. The van der Waals surface area contributed by atoms with Gasteiger partial charge in [0.05, 0.1) is 10.2 Å². The van der Waals surface area contributed by atoms with E-state index in [9.17, 15) is 9.59 Å². The fourth-order valence-corrected chi connectivity index (χ4v) is 2.10. The van der Waals surface area contributed by atoms with Gasteiger partial charge in [-0.2, -0.15) is 5.10 Å². The number of ketones is 1. The summed E-state index contributed by atoms with van der Waals surface area (Å²) in [4.78, 5) is 23.4. The van der Waals surface area contributed by atoms with Gasteiger partial charge in [-0.15, -0.1) is 0 Å². The van der Waals surface area contributed by atoms with Gasteiger partial charge in [-0.1, -0.05) is 0 Å². The number of aryl methyl sites for hydroxylation is 1. The van der Waals surface area contributed by atoms with Crippen molar-refractivity contribution in [3.8, 4) is 0 Å². The standard InChI is InChI=1S/C15H16BrN3O2/c1-9-14(16)8-19(18-9)10(2)15(21)17-13-6-4-12(5-7-13)11(3)20/h4-8,10H,1-3H3,(H,17,21). The minimum Gasteiger partial charge on any atom is -0.324 e. The molecule has 2 rings (SSSR count). The smallest absolute Gasteiger partial charge is 0.248 e. The highest BCUT2D eigenvalue weighted by molar-refractivity contribution is 9.10. The van der Waals surface area contributed by atoms with Crippen molar-refractivity contribution in [3.63, 3.8) is 0 Å². The van der Waals surface area contributed by atoms with Gasteiger partial charge < -0.3 is 5.32 Å². The highest BCUT2D eigenvalue weighted by Crippen LogP contribution is 2.18. The first kappa shape index (κ1) is 15.4. The Morgan fingerprint density at radius 1 is 1.29 bits per heavy atom. The van der Waals surface area contributed by atoms with Crippen LogP contribution in [0.25, 0.3) is 0 Å². The van der Waals surface area contributed by atoms with Gasteiger partial charge in [0.2, 0.25) is 5.91 Å². The largest absolute Gasteiger partial charge is 0.324 e. The molecule has 1 atom stereocenters. The molecular weight excluding hydrogens is 334 g/mol. The number of amides is 1. The minimum absolute atomic E-state index is 0.00175. The van der Waals surface area contributed by atoms with Gasteiger partial charge in [-0.25, -0.2) is 0 Å². The highest BCUT2D eigenvalue weighted by atomic mass is 79.9. The second kappa shape index (κ2) is 6.22. The number of hydrogen-bond donors (Lipinski definition) is 1. The summed E-state index contributed by atoms with van der Waals surface area (Å²) in [5, 5.41) is 7.08. The van der Waals surface area contributed by atoms with Crippen molar-refractivity contribution in [1.29, 1.82) is 0 Å². The maximum Gasteiger partial charge on any atom is 0.248 e. The monoisotopic (exact) mass is 349 g/mol. The molecule has 1 amide bonds. The third-order valence-corrected chi connectivity index (χ3v) is 3.97. The van der Waals surface area contributed by atoms with Gasteiger partial charge in [0, 0.05) is 17.4 Å². The molecule has 0 aliphatic carbocycles. The molecule has 110 valence electrons. The average molecular weight is 350 g/mol. The van der Waals surface area contributed by atoms with E-state index in [0.29, 0.717) is 11.3 Å². The normalized spacial score (nSPS) is 12.0. The topological polar surface area (TPSA) is 64.0 Å². The van der Waals surface area contributed by atoms with Gasteiger partial charge in [-0.3, -0.25) is 14.3 Å². The second-order valence-corrected chi connectivity index (χ2v) is 5.70. The van der Waals surface area contributed by atoms with Crippen LogP contribution in [-0.4, -0.2) is 21.5 Å². The third kappa shape index (κ3) is 3.58. The van der Waals surface area contributed by atoms with E-state index in [1.807, 2.05) is 6.92 Å². The van der Waals surface area contributed by atoms with Gasteiger partial charge in [-0.05, 0) is 61.0 Å². The van der Waals surface area contributed by atoms with Crippen molar-refractivity contribution >= 4 is 33.3 Å². The van der Waals surface area contributed by atoms with E-state index in [-0.39, 0.29) is 11.7 Å². The number of anilines is 1. The number of carbonyl (C=O) groups is 2. The Morgan fingerprint density at radius 3 is 2.38 bits per heavy atom. The fraction of sp³-hybridized carbons (Fsp3) is 0.267. The molecule has 1 aromatic carbocycles. The highest BCUT2D eigenvalue weighted by Gasteiger charge is 2.17. The van der Waals surface area contributed by atoms with Crippen molar-refractivity contribution in [2.45, 2.75) is 26.8 Å². The average Bonchev–Trinajstić information content (AvgIpc) is 2.78. The lowest BCUT2D eigenvalue weighted by molar-refractivity contribution is -0.119. The van der Waals surface area contributed by atoms with Crippen molar-refractivity contribution in [1.82, 2.24) is 9.78 Å². The predicted octanol–water partition coefficient (Wildman–Crippen LogP) is 3.36. The molecule has 0 aliphatic heterocycles. The number of rotatable bonds is 4. The number of halogens is 1. The fourth-order valence-electron chi connectivity index (χ4n) is 1.81. The van der Waals surface area contributed by atoms with Crippen LogP contribution in [0.5, 0.6) is 0 Å². The van der Waals surface area contributed by atoms with E-state index in [4.69, 9.17) is 0 Å². The Balaban J connectivity index is 2.08. The lowest BCUT2D eigenvalue weighted by Gasteiger charge is -2.12. The van der Waals surface area contributed by atoms with E-state index in [2.05, 4.69) is 26.3 Å². The Hall–Kier alpha value is -1.95. The van der Waals surface area contributed by atoms with Gasteiger partial charge in [0.1, 0.15) is 6.04 Å². The third-order valence-electron chi connectivity index (χ3n) is 3.19. The lowest BCUT2D eigenvalue weighted by atomic mass is 10.1. The second-order valence-electron chi connectivity index (χ2n) is 4.84. The van der Waals surface area contributed by atoms with Crippen molar-refractivity contribution < 1.29 is 9.59 Å². The molecule has 21 heavy (non-hydrogen) atoms. The van der Waals surface area contributed by atoms with Crippen LogP contribution >= 0.6 is 15.9 Å². The summed E-state index contributed by atoms with van der Waals surface area (Å²) in [5.74, 6) is -0.168. The molecule has 1 unspecified atom stereocenters. The van der Waals surface area contributed by atoms with E-state index < -0.39 is 6.04 Å². The summed E-state index contributed by atoms with van der Waals surface area (Å²) < 4.78 is 2.48. The van der Waals surface area contributed by atoms with Crippen molar-refractivity contribution in [2.75, 3.05) is 5.32 Å². The molecule has 6 heteroatoms. The molecule has 1 aromatic heterocycles. The van der Waals surface area contributed by atoms with Crippen LogP contribution in [0.4, 0.5) is 5.69 Å². The molecule has 0 saturated carbocycles. The quantitative estimate of drug-likeness (QED) is 0.860. The van der Waals surface area contributed by atoms with E-state index in [1.165, 1.54) is 6.92 Å². The molecule has 1 N–H and O–H groups in total. The van der Waals surface area contributed by atoms with Crippen LogP contribution in [0.3, 0.4) is 0 Å². The summed E-state index contributed by atoms with van der Waals surface area (Å²) >= 11 is 3.37. The van der Waals surface area contributed by atoms with Crippen LogP contribution in [0.15, 0.2) is 34.9 Å². The lowest BCUT2D eigenvalue weighted by Crippen LogP contribution is -2.24. The maximum absolute atomic E-state index is 12.2. The molecule has 0 fully saturated rings. The van der Waals surface area contributed by atoms with Gasteiger partial charge >= 0.3 is 0 Å². The molecule has 2 aromatic rings. The van der Waals surface area contributed by atoms with E-state index in [1.54, 1.807) is 42.1 Å². The van der Waals surface area contributed by atoms with Crippen LogP contribution in [0.1, 0.15) is 35.9 Å². The summed E-state index contributed by atoms with van der Waals surface area (Å²) in [6, 6.07) is 6.38. The Labute approximate surface area is 131 Å². The molecule has 0 aliphatic rings.